The summed E-state index contributed by atoms with van der Waals surface area (Å²) in [5.41, 5.74) is 1.21. The van der Waals surface area contributed by atoms with E-state index in [1.165, 1.54) is 5.56 Å². The molecule has 0 aliphatic rings. The Kier molecular flexibility index (Phi) is 8.30. The van der Waals surface area contributed by atoms with Crippen LogP contribution in [-0.2, 0) is 6.42 Å². The van der Waals surface area contributed by atoms with Crippen molar-refractivity contribution in [1.29, 1.82) is 0 Å². The molecule has 1 N–H and O–H groups in total. The molecule has 0 atom stereocenters. The first-order chi connectivity index (χ1) is 11.0. The van der Waals surface area contributed by atoms with Crippen molar-refractivity contribution >= 4 is 5.96 Å². The molecule has 1 aromatic carbocycles. The van der Waals surface area contributed by atoms with Gasteiger partial charge in [-0.2, -0.15) is 0 Å². The van der Waals surface area contributed by atoms with E-state index in [1.54, 1.807) is 14.2 Å². The molecule has 130 valence electrons. The minimum atomic E-state index is 0.692. The molecule has 0 aliphatic heterocycles. The molecule has 1 rings (SSSR count). The summed E-state index contributed by atoms with van der Waals surface area (Å²) in [4.78, 5) is 6.49. The monoisotopic (exact) mass is 321 g/mol. The van der Waals surface area contributed by atoms with E-state index >= 15 is 0 Å². The van der Waals surface area contributed by atoms with Gasteiger partial charge in [0.05, 0.1) is 14.2 Å². The van der Waals surface area contributed by atoms with Crippen LogP contribution in [0.1, 0.15) is 25.8 Å². The van der Waals surface area contributed by atoms with Crippen molar-refractivity contribution in [2.75, 3.05) is 41.4 Å². The zero-order valence-corrected chi connectivity index (χ0v) is 15.3. The average Bonchev–Trinajstić information content (AvgIpc) is 2.55. The van der Waals surface area contributed by atoms with Crippen molar-refractivity contribution in [2.24, 2.45) is 10.9 Å². The minimum absolute atomic E-state index is 0.692. The summed E-state index contributed by atoms with van der Waals surface area (Å²) in [5, 5.41) is 3.41. The van der Waals surface area contributed by atoms with Crippen molar-refractivity contribution in [1.82, 2.24) is 10.2 Å². The maximum atomic E-state index is 5.35. The lowest BCUT2D eigenvalue weighted by Gasteiger charge is -2.22. The second kappa shape index (κ2) is 9.98. The van der Waals surface area contributed by atoms with Crippen LogP contribution in [0.25, 0.3) is 0 Å². The Hall–Kier alpha value is -1.91. The van der Waals surface area contributed by atoms with E-state index in [-0.39, 0.29) is 0 Å². The summed E-state index contributed by atoms with van der Waals surface area (Å²) in [5.74, 6) is 3.16. The van der Waals surface area contributed by atoms with Crippen LogP contribution >= 0.6 is 0 Å². The third kappa shape index (κ3) is 6.38. The molecule has 0 amide bonds. The molecule has 0 saturated heterocycles. The van der Waals surface area contributed by atoms with Crippen LogP contribution in [0.5, 0.6) is 11.5 Å². The number of nitrogens with zero attached hydrogens (tertiary/aromatic N) is 2. The van der Waals surface area contributed by atoms with Gasteiger partial charge in [0.15, 0.2) is 17.5 Å². The number of benzene rings is 1. The molecule has 0 aromatic heterocycles. The van der Waals surface area contributed by atoms with Gasteiger partial charge in [-0.15, -0.1) is 0 Å². The Labute approximate surface area is 140 Å². The van der Waals surface area contributed by atoms with E-state index in [9.17, 15) is 0 Å². The Bertz CT molecular complexity index is 501. The lowest BCUT2D eigenvalue weighted by molar-refractivity contribution is 0.354. The number of guanidine groups is 1. The number of aliphatic imine (C=N–C) groups is 1. The fraction of sp³-hybridized carbons (Fsp3) is 0.611. The number of likely N-dealkylation sites (N-methyl/N-ethyl adjacent to an activating group) is 1. The fourth-order valence-corrected chi connectivity index (χ4v) is 2.30. The van der Waals surface area contributed by atoms with Crippen LogP contribution in [0.3, 0.4) is 0 Å². The van der Waals surface area contributed by atoms with Gasteiger partial charge in [-0.05, 0) is 36.5 Å². The minimum Gasteiger partial charge on any atom is -0.493 e. The van der Waals surface area contributed by atoms with Gasteiger partial charge in [-0.1, -0.05) is 19.9 Å². The molecule has 23 heavy (non-hydrogen) atoms. The van der Waals surface area contributed by atoms with Gasteiger partial charge >= 0.3 is 0 Å². The average molecular weight is 321 g/mol. The second-order valence-electron chi connectivity index (χ2n) is 6.02. The Morgan fingerprint density at radius 3 is 2.48 bits per heavy atom. The third-order valence-corrected chi connectivity index (χ3v) is 3.76. The standard InChI is InChI=1S/C18H31N3O2/c1-14(2)9-11-20-18(19-3)21(4)12-10-15-7-8-16(22-5)17(13-15)23-6/h7-8,13-14H,9-12H2,1-6H3,(H,19,20). The Morgan fingerprint density at radius 2 is 1.91 bits per heavy atom. The van der Waals surface area contributed by atoms with Crippen molar-refractivity contribution in [3.63, 3.8) is 0 Å². The summed E-state index contributed by atoms with van der Waals surface area (Å²) < 4.78 is 10.6. The number of hydrogen-bond acceptors (Lipinski definition) is 3. The maximum Gasteiger partial charge on any atom is 0.193 e. The second-order valence-corrected chi connectivity index (χ2v) is 6.02. The molecule has 0 aliphatic carbocycles. The zero-order chi connectivity index (χ0) is 17.2. The Morgan fingerprint density at radius 1 is 1.22 bits per heavy atom. The van der Waals surface area contributed by atoms with Gasteiger partial charge in [-0.3, -0.25) is 4.99 Å². The maximum absolute atomic E-state index is 5.35. The molecular formula is C18H31N3O2. The van der Waals surface area contributed by atoms with Crippen LogP contribution in [0.4, 0.5) is 0 Å². The topological polar surface area (TPSA) is 46.1 Å². The fourth-order valence-electron chi connectivity index (χ4n) is 2.30. The molecule has 5 heteroatoms. The van der Waals surface area contributed by atoms with Crippen LogP contribution in [0, 0.1) is 5.92 Å². The molecule has 0 spiro atoms. The summed E-state index contributed by atoms with van der Waals surface area (Å²) in [6.07, 6.45) is 2.06. The molecule has 0 saturated carbocycles. The molecule has 0 bridgehead atoms. The number of nitrogens with one attached hydrogen (secondary N) is 1. The molecule has 0 radical (unpaired) electrons. The van der Waals surface area contributed by atoms with E-state index in [0.717, 1.165) is 43.4 Å². The highest BCUT2D eigenvalue weighted by atomic mass is 16.5. The predicted molar refractivity (Wildman–Crippen MR) is 96.7 cm³/mol. The van der Waals surface area contributed by atoms with Gasteiger partial charge < -0.3 is 19.7 Å². The zero-order valence-electron chi connectivity index (χ0n) is 15.3. The van der Waals surface area contributed by atoms with Crippen LogP contribution in [0.15, 0.2) is 23.2 Å². The number of hydrogen-bond donors (Lipinski definition) is 1. The number of methoxy groups -OCH3 is 2. The normalized spacial score (nSPS) is 11.5. The highest BCUT2D eigenvalue weighted by molar-refractivity contribution is 5.79. The van der Waals surface area contributed by atoms with Gasteiger partial charge in [0.2, 0.25) is 0 Å². The first kappa shape index (κ1) is 19.1. The van der Waals surface area contributed by atoms with Crippen molar-refractivity contribution in [2.45, 2.75) is 26.7 Å². The third-order valence-electron chi connectivity index (χ3n) is 3.76. The summed E-state index contributed by atoms with van der Waals surface area (Å²) in [7, 11) is 7.20. The largest absolute Gasteiger partial charge is 0.493 e. The van der Waals surface area contributed by atoms with E-state index in [4.69, 9.17) is 9.47 Å². The van der Waals surface area contributed by atoms with Gasteiger partial charge in [0, 0.05) is 27.2 Å². The molecule has 1 aromatic rings. The van der Waals surface area contributed by atoms with Crippen LogP contribution in [0.2, 0.25) is 0 Å². The summed E-state index contributed by atoms with van der Waals surface area (Å²) in [6.45, 7) is 6.29. The van der Waals surface area contributed by atoms with Gasteiger partial charge in [0.25, 0.3) is 0 Å². The predicted octanol–water partition coefficient (Wildman–Crippen LogP) is 2.80. The summed E-state index contributed by atoms with van der Waals surface area (Å²) >= 11 is 0. The van der Waals surface area contributed by atoms with Gasteiger partial charge in [-0.25, -0.2) is 0 Å². The lowest BCUT2D eigenvalue weighted by Crippen LogP contribution is -2.40. The number of rotatable bonds is 8. The highest BCUT2D eigenvalue weighted by Crippen LogP contribution is 2.27. The number of ether oxygens (including phenoxy) is 2. The van der Waals surface area contributed by atoms with E-state index in [2.05, 4.69) is 42.2 Å². The quantitative estimate of drug-likeness (QED) is 0.591. The first-order valence-corrected chi connectivity index (χ1v) is 8.14. The molecule has 0 heterocycles. The molecule has 5 nitrogen and oxygen atoms in total. The van der Waals surface area contributed by atoms with Crippen molar-refractivity contribution in [3.8, 4) is 11.5 Å². The summed E-state index contributed by atoms with van der Waals surface area (Å²) in [6, 6.07) is 6.05. The molecule has 0 unspecified atom stereocenters. The van der Waals surface area contributed by atoms with Crippen molar-refractivity contribution < 1.29 is 9.47 Å². The first-order valence-electron chi connectivity index (χ1n) is 8.14. The SMILES string of the molecule is CN=C(NCCC(C)C)N(C)CCc1ccc(OC)c(OC)c1. The smallest absolute Gasteiger partial charge is 0.193 e. The van der Waals surface area contributed by atoms with Crippen LogP contribution < -0.4 is 14.8 Å². The lowest BCUT2D eigenvalue weighted by atomic mass is 10.1. The molecule has 0 fully saturated rings. The Balaban J connectivity index is 2.55. The van der Waals surface area contributed by atoms with Crippen molar-refractivity contribution in [3.05, 3.63) is 23.8 Å². The molecular weight excluding hydrogens is 290 g/mol. The van der Waals surface area contributed by atoms with E-state index < -0.39 is 0 Å². The van der Waals surface area contributed by atoms with E-state index in [1.807, 2.05) is 19.2 Å². The van der Waals surface area contributed by atoms with E-state index in [0.29, 0.717) is 5.92 Å². The van der Waals surface area contributed by atoms with Gasteiger partial charge in [0.1, 0.15) is 0 Å². The van der Waals surface area contributed by atoms with Crippen LogP contribution in [-0.4, -0.2) is 52.3 Å². The highest BCUT2D eigenvalue weighted by Gasteiger charge is 2.08.